The lowest BCUT2D eigenvalue weighted by Crippen LogP contribution is -2.31. The summed E-state index contributed by atoms with van der Waals surface area (Å²) in [7, 11) is 3.12. The van der Waals surface area contributed by atoms with Gasteiger partial charge in [0.1, 0.15) is 5.69 Å². The highest BCUT2D eigenvalue weighted by Crippen LogP contribution is 2.24. The quantitative estimate of drug-likeness (QED) is 0.600. The summed E-state index contributed by atoms with van der Waals surface area (Å²) in [5.41, 5.74) is 0.597. The number of methoxy groups -OCH3 is 1. The van der Waals surface area contributed by atoms with Crippen LogP contribution in [-0.4, -0.2) is 37.6 Å². The van der Waals surface area contributed by atoms with Crippen LogP contribution < -0.4 is 10.6 Å². The van der Waals surface area contributed by atoms with Crippen molar-refractivity contribution in [1.29, 1.82) is 0 Å². The molecular formula is C12H17N3O4. The smallest absolute Gasteiger partial charge is 0.292 e. The first-order valence-corrected chi connectivity index (χ1v) is 5.76. The van der Waals surface area contributed by atoms with Crippen LogP contribution in [-0.2, 0) is 4.74 Å². The normalized spacial score (nSPS) is 11.7. The van der Waals surface area contributed by atoms with Crippen molar-refractivity contribution in [3.63, 3.8) is 0 Å². The number of nitrogens with one attached hydrogen (secondary N) is 2. The number of nitrogens with zero attached hydrogens (tertiary/aromatic N) is 1. The summed E-state index contributed by atoms with van der Waals surface area (Å²) in [5, 5.41) is 16.2. The van der Waals surface area contributed by atoms with Crippen LogP contribution in [0.5, 0.6) is 0 Å². The van der Waals surface area contributed by atoms with Crippen LogP contribution in [0, 0.1) is 10.1 Å². The third kappa shape index (κ3) is 3.92. The van der Waals surface area contributed by atoms with Crippen LogP contribution in [0.3, 0.4) is 0 Å². The molecule has 1 amide bonds. The summed E-state index contributed by atoms with van der Waals surface area (Å²) in [6, 6.07) is 4.18. The van der Waals surface area contributed by atoms with Gasteiger partial charge in [-0.3, -0.25) is 14.9 Å². The molecule has 1 aromatic carbocycles. The Morgan fingerprint density at radius 1 is 1.53 bits per heavy atom. The minimum Gasteiger partial charge on any atom is -0.383 e. The predicted octanol–water partition coefficient (Wildman–Crippen LogP) is 1.40. The van der Waals surface area contributed by atoms with E-state index in [0.717, 1.165) is 0 Å². The molecule has 0 heterocycles. The number of carbonyl (C=O) groups is 1. The first-order chi connectivity index (χ1) is 8.99. The number of ether oxygens (including phenoxy) is 1. The van der Waals surface area contributed by atoms with Crippen molar-refractivity contribution in [2.24, 2.45) is 0 Å². The van der Waals surface area contributed by atoms with Crippen molar-refractivity contribution in [2.45, 2.75) is 13.0 Å². The van der Waals surface area contributed by atoms with E-state index in [-0.39, 0.29) is 17.7 Å². The highest BCUT2D eigenvalue weighted by Gasteiger charge is 2.16. The number of benzene rings is 1. The molecule has 7 nitrogen and oxygen atoms in total. The zero-order valence-electron chi connectivity index (χ0n) is 11.1. The molecule has 1 unspecified atom stereocenters. The van der Waals surface area contributed by atoms with E-state index < -0.39 is 4.92 Å². The third-order valence-electron chi connectivity index (χ3n) is 2.68. The van der Waals surface area contributed by atoms with E-state index >= 15 is 0 Å². The van der Waals surface area contributed by atoms with E-state index in [2.05, 4.69) is 10.6 Å². The average molecular weight is 267 g/mol. The van der Waals surface area contributed by atoms with Crippen molar-refractivity contribution in [2.75, 3.05) is 26.0 Å². The standard InChI is InChI=1S/C12H17N3O4/c1-8(19-3)7-14-12(16)9-4-5-11(15(17)18)10(6-9)13-2/h4-6,8,13H,7H2,1-3H3,(H,14,16). The summed E-state index contributed by atoms with van der Waals surface area (Å²) in [6.45, 7) is 2.20. The van der Waals surface area contributed by atoms with E-state index in [1.165, 1.54) is 18.2 Å². The van der Waals surface area contributed by atoms with E-state index in [9.17, 15) is 14.9 Å². The zero-order valence-corrected chi connectivity index (χ0v) is 11.1. The molecule has 104 valence electrons. The minimum absolute atomic E-state index is 0.0655. The Morgan fingerprint density at radius 3 is 2.74 bits per heavy atom. The average Bonchev–Trinajstić information content (AvgIpc) is 2.43. The molecule has 0 aliphatic rings. The predicted molar refractivity (Wildman–Crippen MR) is 71.4 cm³/mol. The van der Waals surface area contributed by atoms with E-state index in [4.69, 9.17) is 4.74 Å². The SMILES string of the molecule is CNc1cc(C(=O)NCC(C)OC)ccc1[N+](=O)[O-]. The van der Waals surface area contributed by atoms with Crippen molar-refractivity contribution < 1.29 is 14.5 Å². The third-order valence-corrected chi connectivity index (χ3v) is 2.68. The second-order valence-electron chi connectivity index (χ2n) is 4.00. The molecule has 0 bridgehead atoms. The van der Waals surface area contributed by atoms with Gasteiger partial charge < -0.3 is 15.4 Å². The molecule has 19 heavy (non-hydrogen) atoms. The lowest BCUT2D eigenvalue weighted by atomic mass is 10.1. The molecule has 0 fully saturated rings. The van der Waals surface area contributed by atoms with Gasteiger partial charge in [0.2, 0.25) is 0 Å². The van der Waals surface area contributed by atoms with Crippen LogP contribution in [0.25, 0.3) is 0 Å². The molecule has 0 aromatic heterocycles. The van der Waals surface area contributed by atoms with Crippen molar-refractivity contribution in [3.05, 3.63) is 33.9 Å². The van der Waals surface area contributed by atoms with Gasteiger partial charge in [-0.1, -0.05) is 0 Å². The molecule has 0 aliphatic carbocycles. The Labute approximate surface area is 111 Å². The Hall–Kier alpha value is -2.15. The summed E-state index contributed by atoms with van der Waals surface area (Å²) >= 11 is 0. The maximum atomic E-state index is 11.9. The van der Waals surface area contributed by atoms with Gasteiger partial charge >= 0.3 is 0 Å². The molecule has 1 aromatic rings. The molecule has 0 aliphatic heterocycles. The van der Waals surface area contributed by atoms with Crippen molar-refractivity contribution >= 4 is 17.3 Å². The molecule has 7 heteroatoms. The lowest BCUT2D eigenvalue weighted by Gasteiger charge is -2.11. The summed E-state index contributed by atoms with van der Waals surface area (Å²) < 4.78 is 5.02. The maximum absolute atomic E-state index is 11.9. The highest BCUT2D eigenvalue weighted by molar-refractivity contribution is 5.95. The van der Waals surface area contributed by atoms with Gasteiger partial charge in [0.25, 0.3) is 11.6 Å². The fourth-order valence-electron chi connectivity index (χ4n) is 1.46. The molecule has 1 atom stereocenters. The fraction of sp³-hybridized carbons (Fsp3) is 0.417. The molecule has 2 N–H and O–H groups in total. The first kappa shape index (κ1) is 14.9. The second kappa shape index (κ2) is 6.69. The summed E-state index contributed by atoms with van der Waals surface area (Å²) in [4.78, 5) is 22.1. The van der Waals surface area contributed by atoms with Gasteiger partial charge in [0.05, 0.1) is 11.0 Å². The van der Waals surface area contributed by atoms with Gasteiger partial charge in [0, 0.05) is 32.3 Å². The van der Waals surface area contributed by atoms with Crippen LogP contribution in [0.4, 0.5) is 11.4 Å². The number of carbonyl (C=O) groups excluding carboxylic acids is 1. The van der Waals surface area contributed by atoms with Crippen molar-refractivity contribution in [3.8, 4) is 0 Å². The Bertz CT molecular complexity index is 476. The van der Waals surface area contributed by atoms with Crippen LogP contribution in [0.15, 0.2) is 18.2 Å². The van der Waals surface area contributed by atoms with Crippen molar-refractivity contribution in [1.82, 2.24) is 5.32 Å². The molecule has 0 radical (unpaired) electrons. The number of nitro benzene ring substituents is 1. The zero-order chi connectivity index (χ0) is 14.4. The van der Waals surface area contributed by atoms with E-state index in [0.29, 0.717) is 17.8 Å². The van der Waals surface area contributed by atoms with Gasteiger partial charge in [-0.05, 0) is 19.1 Å². The molecular weight excluding hydrogens is 250 g/mol. The lowest BCUT2D eigenvalue weighted by molar-refractivity contribution is -0.383. The van der Waals surface area contributed by atoms with Gasteiger partial charge in [0.15, 0.2) is 0 Å². The minimum atomic E-state index is -0.499. The number of hydrogen-bond donors (Lipinski definition) is 2. The number of anilines is 1. The molecule has 0 spiro atoms. The van der Waals surface area contributed by atoms with E-state index in [1.807, 2.05) is 6.92 Å². The number of amides is 1. The molecule has 0 saturated carbocycles. The Morgan fingerprint density at radius 2 is 2.21 bits per heavy atom. The van der Waals surface area contributed by atoms with Crippen LogP contribution >= 0.6 is 0 Å². The maximum Gasteiger partial charge on any atom is 0.292 e. The highest BCUT2D eigenvalue weighted by atomic mass is 16.6. The van der Waals surface area contributed by atoms with Crippen LogP contribution in [0.1, 0.15) is 17.3 Å². The topological polar surface area (TPSA) is 93.5 Å². The summed E-state index contributed by atoms with van der Waals surface area (Å²) in [6.07, 6.45) is -0.0919. The number of rotatable bonds is 6. The van der Waals surface area contributed by atoms with Crippen LogP contribution in [0.2, 0.25) is 0 Å². The second-order valence-corrected chi connectivity index (χ2v) is 4.00. The van der Waals surface area contributed by atoms with Gasteiger partial charge in [-0.2, -0.15) is 0 Å². The van der Waals surface area contributed by atoms with E-state index in [1.54, 1.807) is 14.2 Å². The molecule has 1 rings (SSSR count). The van der Waals surface area contributed by atoms with Gasteiger partial charge in [-0.25, -0.2) is 0 Å². The Balaban J connectivity index is 2.84. The fourth-order valence-corrected chi connectivity index (χ4v) is 1.46. The summed E-state index contributed by atoms with van der Waals surface area (Å²) in [5.74, 6) is -0.296. The Kier molecular flexibility index (Phi) is 5.25. The number of nitro groups is 1. The monoisotopic (exact) mass is 267 g/mol. The number of hydrogen-bond acceptors (Lipinski definition) is 5. The van der Waals surface area contributed by atoms with Gasteiger partial charge in [-0.15, -0.1) is 0 Å². The largest absolute Gasteiger partial charge is 0.383 e. The molecule has 0 saturated heterocycles. The first-order valence-electron chi connectivity index (χ1n) is 5.76.